The molecule has 3 N–H and O–H groups in total. The molecule has 2 heterocycles. The van der Waals surface area contributed by atoms with Gasteiger partial charge in [0.05, 0.1) is 6.04 Å². The van der Waals surface area contributed by atoms with Crippen LogP contribution in [0.15, 0.2) is 42.5 Å². The lowest BCUT2D eigenvalue weighted by atomic mass is 9.93. The van der Waals surface area contributed by atoms with Crippen LogP contribution in [0.3, 0.4) is 0 Å². The molecule has 0 radical (unpaired) electrons. The number of nitrogens with zero attached hydrogens (tertiary/aromatic N) is 1. The first-order valence-corrected chi connectivity index (χ1v) is 11.1. The third-order valence-corrected chi connectivity index (χ3v) is 7.06. The number of amides is 3. The number of anilines is 1. The van der Waals surface area contributed by atoms with Gasteiger partial charge in [-0.25, -0.2) is 9.18 Å². The van der Waals surface area contributed by atoms with Gasteiger partial charge < -0.3 is 15.4 Å². The summed E-state index contributed by atoms with van der Waals surface area (Å²) in [7, 11) is 0. The molecule has 2 aliphatic heterocycles. The summed E-state index contributed by atoms with van der Waals surface area (Å²) in [5, 5.41) is 2.09. The number of carbonyl (C=O) groups is 3. The smallest absolute Gasteiger partial charge is 0.415 e. The van der Waals surface area contributed by atoms with Crippen molar-refractivity contribution in [3.63, 3.8) is 0 Å². The molecule has 0 bridgehead atoms. The Kier molecular flexibility index (Phi) is 5.26. The molecular weight excluding hydrogens is 470 g/mol. The van der Waals surface area contributed by atoms with Crippen LogP contribution in [0, 0.1) is 5.82 Å². The number of imide groups is 1. The second-order valence-electron chi connectivity index (χ2n) is 9.13. The van der Waals surface area contributed by atoms with E-state index in [2.05, 4.69) is 5.32 Å². The third kappa shape index (κ3) is 3.78. The number of nitrogens with one attached hydrogen (secondary N) is 1. The van der Waals surface area contributed by atoms with Gasteiger partial charge in [0.25, 0.3) is 5.91 Å². The van der Waals surface area contributed by atoms with Crippen molar-refractivity contribution in [1.82, 2.24) is 10.2 Å². The molecule has 2 aromatic carbocycles. The summed E-state index contributed by atoms with van der Waals surface area (Å²) >= 11 is 0. The molecular formula is C24H21F4N3O4. The molecule has 1 aliphatic carbocycles. The Morgan fingerprint density at radius 1 is 1.14 bits per heavy atom. The van der Waals surface area contributed by atoms with Crippen molar-refractivity contribution in [2.75, 3.05) is 5.73 Å². The van der Waals surface area contributed by atoms with Gasteiger partial charge in [0.15, 0.2) is 0 Å². The molecule has 2 aromatic rings. The number of halogens is 4. The fraction of sp³-hybridized carbons (Fsp3) is 0.375. The lowest BCUT2D eigenvalue weighted by Crippen LogP contribution is -2.46. The van der Waals surface area contributed by atoms with Crippen molar-refractivity contribution < 1.29 is 36.7 Å². The quantitative estimate of drug-likeness (QED) is 0.499. The van der Waals surface area contributed by atoms with Crippen LogP contribution in [-0.2, 0) is 19.9 Å². The van der Waals surface area contributed by atoms with Gasteiger partial charge in [-0.3, -0.25) is 14.9 Å². The van der Waals surface area contributed by atoms with Crippen molar-refractivity contribution in [2.24, 2.45) is 0 Å². The summed E-state index contributed by atoms with van der Waals surface area (Å²) in [5.74, 6) is -2.70. The van der Waals surface area contributed by atoms with Gasteiger partial charge in [-0.15, -0.1) is 0 Å². The molecule has 7 nitrogen and oxygen atoms in total. The highest BCUT2D eigenvalue weighted by molar-refractivity contribution is 6.04. The highest BCUT2D eigenvalue weighted by Gasteiger charge is 2.58. The van der Waals surface area contributed by atoms with Gasteiger partial charge in [-0.05, 0) is 54.2 Å². The number of carbonyl (C=O) groups excluding carboxylic acids is 3. The van der Waals surface area contributed by atoms with Crippen LogP contribution >= 0.6 is 0 Å². The number of hydrogen-bond acceptors (Lipinski definition) is 5. The first-order valence-electron chi connectivity index (χ1n) is 11.1. The standard InChI is InChI=1S/C24H21F4N3O4/c25-14-3-1-12(2-4-14)18-7-8-19(24(26,27)28)31(18)20(32)9-13-11-23(21(33)30-22(34)35-23)17-6-5-15(29)10-16(13)17/h1-6,10,13,18-19H,7-9,11,29H2,(H,30,33,34)/t13?,18-,19+,23?/m0/s1. The average Bonchev–Trinajstić information content (AvgIpc) is 3.43. The number of likely N-dealkylation sites (tertiary alicyclic amines) is 1. The number of benzene rings is 2. The molecule has 1 spiro atoms. The van der Waals surface area contributed by atoms with Gasteiger partial charge in [0.2, 0.25) is 11.5 Å². The average molecular weight is 491 g/mol. The Balaban J connectivity index is 1.48. The molecule has 35 heavy (non-hydrogen) atoms. The predicted molar refractivity (Wildman–Crippen MR) is 114 cm³/mol. The zero-order valence-corrected chi connectivity index (χ0v) is 18.3. The van der Waals surface area contributed by atoms with E-state index >= 15 is 0 Å². The van der Waals surface area contributed by atoms with Crippen LogP contribution in [0.4, 0.5) is 28.0 Å². The van der Waals surface area contributed by atoms with E-state index in [1.807, 2.05) is 0 Å². The third-order valence-electron chi connectivity index (χ3n) is 7.06. The molecule has 0 aromatic heterocycles. The number of alkyl halides is 3. The molecule has 5 rings (SSSR count). The van der Waals surface area contributed by atoms with Gasteiger partial charge in [-0.2, -0.15) is 13.2 Å². The van der Waals surface area contributed by atoms with Crippen LogP contribution < -0.4 is 11.1 Å². The molecule has 2 unspecified atom stereocenters. The first-order chi connectivity index (χ1) is 16.5. The molecule has 2 fully saturated rings. The van der Waals surface area contributed by atoms with Crippen LogP contribution in [0.25, 0.3) is 0 Å². The number of fused-ring (bicyclic) bond motifs is 2. The number of rotatable bonds is 3. The molecule has 11 heteroatoms. The normalized spacial score (nSPS) is 27.8. The maximum atomic E-state index is 13.9. The second kappa shape index (κ2) is 7.96. The number of nitrogens with two attached hydrogens (primary N) is 1. The number of hydrogen-bond donors (Lipinski definition) is 2. The van der Waals surface area contributed by atoms with E-state index in [4.69, 9.17) is 10.5 Å². The summed E-state index contributed by atoms with van der Waals surface area (Å²) in [6.07, 6.45) is -6.24. The zero-order valence-electron chi connectivity index (χ0n) is 18.3. The van der Waals surface area contributed by atoms with Crippen LogP contribution in [0.1, 0.15) is 54.3 Å². The van der Waals surface area contributed by atoms with Crippen LogP contribution in [0.5, 0.6) is 0 Å². The molecule has 3 amide bonds. The Morgan fingerprint density at radius 3 is 2.49 bits per heavy atom. The SMILES string of the molecule is Nc1ccc2c(c1)C(CC(=O)N1[C@H](c3ccc(F)cc3)CC[C@@H]1C(F)(F)F)CC21OC(=O)NC1=O. The van der Waals surface area contributed by atoms with Gasteiger partial charge in [-0.1, -0.05) is 18.2 Å². The first kappa shape index (κ1) is 23.1. The van der Waals surface area contributed by atoms with Gasteiger partial charge in [0.1, 0.15) is 11.9 Å². The van der Waals surface area contributed by atoms with E-state index in [-0.39, 0.29) is 25.7 Å². The highest BCUT2D eigenvalue weighted by Crippen LogP contribution is 2.52. The van der Waals surface area contributed by atoms with Crippen molar-refractivity contribution >= 4 is 23.6 Å². The maximum Gasteiger partial charge on any atom is 0.415 e. The zero-order chi connectivity index (χ0) is 25.1. The minimum atomic E-state index is -4.65. The van der Waals surface area contributed by atoms with Gasteiger partial charge >= 0.3 is 12.3 Å². The summed E-state index contributed by atoms with van der Waals surface area (Å²) in [4.78, 5) is 38.7. The van der Waals surface area contributed by atoms with Crippen molar-refractivity contribution in [1.29, 1.82) is 0 Å². The van der Waals surface area contributed by atoms with Crippen molar-refractivity contribution in [3.05, 3.63) is 65.0 Å². The Hall–Kier alpha value is -3.63. The number of ether oxygens (including phenoxy) is 1. The van der Waals surface area contributed by atoms with Crippen LogP contribution in [0.2, 0.25) is 0 Å². The molecule has 0 saturated carbocycles. The minimum absolute atomic E-state index is 0.0692. The summed E-state index contributed by atoms with van der Waals surface area (Å²) in [6, 6.07) is 6.77. The fourth-order valence-corrected chi connectivity index (χ4v) is 5.58. The van der Waals surface area contributed by atoms with E-state index < -0.39 is 53.5 Å². The van der Waals surface area contributed by atoms with E-state index in [0.717, 1.165) is 17.0 Å². The largest absolute Gasteiger partial charge is 0.427 e. The topological polar surface area (TPSA) is 102 Å². The van der Waals surface area contributed by atoms with E-state index in [1.54, 1.807) is 6.07 Å². The monoisotopic (exact) mass is 491 g/mol. The van der Waals surface area contributed by atoms with Crippen molar-refractivity contribution in [3.8, 4) is 0 Å². The Bertz CT molecular complexity index is 1220. The number of alkyl carbamates (subject to hydrolysis) is 1. The lowest BCUT2D eigenvalue weighted by Gasteiger charge is -2.33. The van der Waals surface area contributed by atoms with E-state index in [9.17, 15) is 31.9 Å². The van der Waals surface area contributed by atoms with E-state index in [1.165, 1.54) is 24.3 Å². The number of nitrogen functional groups attached to an aromatic ring is 1. The summed E-state index contributed by atoms with van der Waals surface area (Å²) in [6.45, 7) is 0. The summed E-state index contributed by atoms with van der Waals surface area (Å²) < 4.78 is 60.4. The predicted octanol–water partition coefficient (Wildman–Crippen LogP) is 4.04. The highest BCUT2D eigenvalue weighted by atomic mass is 19.4. The Labute approximate surface area is 197 Å². The van der Waals surface area contributed by atoms with Crippen molar-refractivity contribution in [2.45, 2.75) is 55.5 Å². The molecule has 2 saturated heterocycles. The van der Waals surface area contributed by atoms with E-state index in [0.29, 0.717) is 22.4 Å². The lowest BCUT2D eigenvalue weighted by molar-refractivity contribution is -0.186. The van der Waals surface area contributed by atoms with Crippen LogP contribution in [-0.4, -0.2) is 35.0 Å². The summed E-state index contributed by atoms with van der Waals surface area (Å²) in [5.41, 5.74) is 5.82. The maximum absolute atomic E-state index is 13.9. The second-order valence-corrected chi connectivity index (χ2v) is 9.13. The molecule has 184 valence electrons. The molecule has 3 aliphatic rings. The fourth-order valence-electron chi connectivity index (χ4n) is 5.58. The van der Waals surface area contributed by atoms with Gasteiger partial charge in [0, 0.05) is 24.1 Å². The minimum Gasteiger partial charge on any atom is -0.427 e. The molecule has 4 atom stereocenters. The Morgan fingerprint density at radius 2 is 1.86 bits per heavy atom.